The lowest BCUT2D eigenvalue weighted by atomic mass is 10.1. The molecule has 0 spiro atoms. The highest BCUT2D eigenvalue weighted by atomic mass is 16.6. The second kappa shape index (κ2) is 5.90. The number of hydrogen-bond acceptors (Lipinski definition) is 5. The molecule has 1 aliphatic rings. The van der Waals surface area contributed by atoms with Gasteiger partial charge in [0.1, 0.15) is 0 Å². The normalized spacial score (nSPS) is 20.2. The first-order valence-corrected chi connectivity index (χ1v) is 6.18. The van der Waals surface area contributed by atoms with E-state index in [1.807, 2.05) is 11.8 Å². The van der Waals surface area contributed by atoms with Crippen LogP contribution in [0.4, 0.5) is 5.69 Å². The molecule has 6 heteroatoms. The third-order valence-corrected chi connectivity index (χ3v) is 3.09. The zero-order valence-corrected chi connectivity index (χ0v) is 10.7. The molecule has 6 nitrogen and oxygen atoms in total. The van der Waals surface area contributed by atoms with Crippen LogP contribution in [0.25, 0.3) is 0 Å². The fourth-order valence-corrected chi connectivity index (χ4v) is 2.10. The van der Waals surface area contributed by atoms with Crippen molar-refractivity contribution in [2.75, 3.05) is 26.2 Å². The van der Waals surface area contributed by atoms with Gasteiger partial charge in [-0.3, -0.25) is 19.8 Å². The number of morpholine rings is 1. The number of carbonyl (C=O) groups is 1. The maximum absolute atomic E-state index is 12.0. The van der Waals surface area contributed by atoms with Crippen molar-refractivity contribution < 1.29 is 14.5 Å². The van der Waals surface area contributed by atoms with Gasteiger partial charge in [-0.25, -0.2) is 0 Å². The molecule has 2 rings (SSSR count). The van der Waals surface area contributed by atoms with Crippen molar-refractivity contribution in [2.24, 2.45) is 0 Å². The largest absolute Gasteiger partial charge is 0.376 e. The number of nitrogens with zero attached hydrogens (tertiary/aromatic N) is 2. The summed E-state index contributed by atoms with van der Waals surface area (Å²) in [6, 6.07) is 5.72. The first kappa shape index (κ1) is 13.6. The van der Waals surface area contributed by atoms with Crippen molar-refractivity contribution >= 4 is 11.5 Å². The van der Waals surface area contributed by atoms with Gasteiger partial charge in [0.15, 0.2) is 5.78 Å². The van der Waals surface area contributed by atoms with Crippen molar-refractivity contribution in [1.29, 1.82) is 0 Å². The molecule has 0 saturated carbocycles. The summed E-state index contributed by atoms with van der Waals surface area (Å²) in [7, 11) is 0. The van der Waals surface area contributed by atoms with Gasteiger partial charge in [0.25, 0.3) is 5.69 Å². The van der Waals surface area contributed by atoms with Crippen LogP contribution < -0.4 is 0 Å². The smallest absolute Gasteiger partial charge is 0.269 e. The predicted octanol–water partition coefficient (Wildman–Crippen LogP) is 1.50. The van der Waals surface area contributed by atoms with Gasteiger partial charge < -0.3 is 4.74 Å². The Kier molecular flexibility index (Phi) is 4.24. The third kappa shape index (κ3) is 3.59. The molecule has 1 fully saturated rings. The van der Waals surface area contributed by atoms with Gasteiger partial charge in [-0.2, -0.15) is 0 Å². The second-order valence-corrected chi connectivity index (χ2v) is 4.64. The Hall–Kier alpha value is -1.79. The average Bonchev–Trinajstić information content (AvgIpc) is 2.39. The number of Topliss-reactive ketones (excluding diaryl/α,β-unsaturated/α-hetero) is 1. The molecular weight excluding hydrogens is 248 g/mol. The van der Waals surface area contributed by atoms with E-state index in [-0.39, 0.29) is 17.6 Å². The van der Waals surface area contributed by atoms with Crippen molar-refractivity contribution in [1.82, 2.24) is 4.90 Å². The Bertz CT molecular complexity index is 472. The van der Waals surface area contributed by atoms with Crippen molar-refractivity contribution in [3.63, 3.8) is 0 Å². The lowest BCUT2D eigenvalue weighted by molar-refractivity contribution is -0.384. The van der Waals surface area contributed by atoms with E-state index < -0.39 is 4.92 Å². The fraction of sp³-hybridized carbons (Fsp3) is 0.462. The van der Waals surface area contributed by atoms with Gasteiger partial charge in [0.05, 0.1) is 24.2 Å². The SMILES string of the molecule is CC1CN(CC(=O)c2ccc([N+](=O)[O-])cc2)CCO1. The lowest BCUT2D eigenvalue weighted by Crippen LogP contribution is -2.43. The average molecular weight is 264 g/mol. The summed E-state index contributed by atoms with van der Waals surface area (Å²) in [6.45, 7) is 4.41. The fourth-order valence-electron chi connectivity index (χ4n) is 2.10. The van der Waals surface area contributed by atoms with Crippen LogP contribution >= 0.6 is 0 Å². The maximum atomic E-state index is 12.0. The molecule has 1 heterocycles. The molecule has 102 valence electrons. The van der Waals surface area contributed by atoms with Crippen molar-refractivity contribution in [2.45, 2.75) is 13.0 Å². The number of non-ortho nitro benzene ring substituents is 1. The third-order valence-electron chi connectivity index (χ3n) is 3.09. The second-order valence-electron chi connectivity index (χ2n) is 4.64. The number of rotatable bonds is 4. The zero-order valence-electron chi connectivity index (χ0n) is 10.7. The van der Waals surface area contributed by atoms with Crippen LogP contribution in [0.1, 0.15) is 17.3 Å². The summed E-state index contributed by atoms with van der Waals surface area (Å²) in [6.07, 6.45) is 0.137. The van der Waals surface area contributed by atoms with E-state index >= 15 is 0 Å². The predicted molar refractivity (Wildman–Crippen MR) is 69.3 cm³/mol. The highest BCUT2D eigenvalue weighted by Gasteiger charge is 2.19. The van der Waals surface area contributed by atoms with Gasteiger partial charge in [0, 0.05) is 30.8 Å². The van der Waals surface area contributed by atoms with Gasteiger partial charge in [-0.1, -0.05) is 0 Å². The van der Waals surface area contributed by atoms with Gasteiger partial charge in [-0.05, 0) is 19.1 Å². The Morgan fingerprint density at radius 3 is 2.74 bits per heavy atom. The quantitative estimate of drug-likeness (QED) is 0.468. The van der Waals surface area contributed by atoms with E-state index in [9.17, 15) is 14.9 Å². The van der Waals surface area contributed by atoms with Crippen LogP contribution in [-0.4, -0.2) is 48.0 Å². The molecule has 1 unspecified atom stereocenters. The van der Waals surface area contributed by atoms with Crippen LogP contribution in [0.3, 0.4) is 0 Å². The summed E-state index contributed by atoms with van der Waals surface area (Å²) in [4.78, 5) is 24.1. The summed E-state index contributed by atoms with van der Waals surface area (Å²) in [5.41, 5.74) is 0.501. The lowest BCUT2D eigenvalue weighted by Gasteiger charge is -2.30. The van der Waals surface area contributed by atoms with E-state index in [0.717, 1.165) is 13.1 Å². The number of nitro benzene ring substituents is 1. The Morgan fingerprint density at radius 2 is 2.16 bits per heavy atom. The van der Waals surface area contributed by atoms with Gasteiger partial charge in [-0.15, -0.1) is 0 Å². The molecular formula is C13H16N2O4. The number of ketones is 1. The van der Waals surface area contributed by atoms with E-state index in [4.69, 9.17) is 4.74 Å². The standard InChI is InChI=1S/C13H16N2O4/c1-10-8-14(6-7-19-10)9-13(16)11-2-4-12(5-3-11)15(17)18/h2-5,10H,6-9H2,1H3. The maximum Gasteiger partial charge on any atom is 0.269 e. The molecule has 0 bridgehead atoms. The number of benzene rings is 1. The first-order chi connectivity index (χ1) is 9.06. The summed E-state index contributed by atoms with van der Waals surface area (Å²) < 4.78 is 5.41. The minimum Gasteiger partial charge on any atom is -0.376 e. The van der Waals surface area contributed by atoms with E-state index in [2.05, 4.69) is 0 Å². The topological polar surface area (TPSA) is 72.7 Å². The van der Waals surface area contributed by atoms with Crippen LogP contribution in [0.15, 0.2) is 24.3 Å². The Labute approximate surface area is 111 Å². The van der Waals surface area contributed by atoms with Gasteiger partial charge >= 0.3 is 0 Å². The van der Waals surface area contributed by atoms with E-state index in [0.29, 0.717) is 18.7 Å². The number of carbonyl (C=O) groups excluding carboxylic acids is 1. The molecule has 0 aromatic heterocycles. The number of hydrogen-bond donors (Lipinski definition) is 0. The van der Waals surface area contributed by atoms with E-state index in [1.54, 1.807) is 0 Å². The van der Waals surface area contributed by atoms with Gasteiger partial charge in [0.2, 0.25) is 0 Å². The molecule has 0 radical (unpaired) electrons. The van der Waals surface area contributed by atoms with Crippen molar-refractivity contribution in [3.8, 4) is 0 Å². The Morgan fingerprint density at radius 1 is 1.47 bits per heavy atom. The van der Waals surface area contributed by atoms with Crippen LogP contribution in [-0.2, 0) is 4.74 Å². The molecule has 0 aliphatic carbocycles. The number of nitro groups is 1. The molecule has 1 atom stereocenters. The minimum atomic E-state index is -0.474. The molecule has 0 amide bonds. The molecule has 1 aliphatic heterocycles. The molecule has 1 aromatic rings. The van der Waals surface area contributed by atoms with Crippen LogP contribution in [0.5, 0.6) is 0 Å². The highest BCUT2D eigenvalue weighted by Crippen LogP contribution is 2.13. The number of ether oxygens (including phenoxy) is 1. The summed E-state index contributed by atoms with van der Waals surface area (Å²) in [5.74, 6) is -0.0241. The first-order valence-electron chi connectivity index (χ1n) is 6.18. The van der Waals surface area contributed by atoms with Crippen LogP contribution in [0.2, 0.25) is 0 Å². The monoisotopic (exact) mass is 264 g/mol. The Balaban J connectivity index is 1.97. The van der Waals surface area contributed by atoms with Crippen molar-refractivity contribution in [3.05, 3.63) is 39.9 Å². The summed E-state index contributed by atoms with van der Waals surface area (Å²) in [5, 5.41) is 10.5. The molecule has 0 N–H and O–H groups in total. The summed E-state index contributed by atoms with van der Waals surface area (Å²) >= 11 is 0. The van der Waals surface area contributed by atoms with Crippen LogP contribution in [0, 0.1) is 10.1 Å². The minimum absolute atomic E-state index is 0.00320. The van der Waals surface area contributed by atoms with E-state index in [1.165, 1.54) is 24.3 Å². The highest BCUT2D eigenvalue weighted by molar-refractivity contribution is 5.97. The molecule has 1 aromatic carbocycles. The molecule has 1 saturated heterocycles. The zero-order chi connectivity index (χ0) is 13.8. The molecule has 19 heavy (non-hydrogen) atoms.